The van der Waals surface area contributed by atoms with E-state index in [0.29, 0.717) is 11.1 Å². The van der Waals surface area contributed by atoms with Gasteiger partial charge in [0.15, 0.2) is 5.16 Å². The Morgan fingerprint density at radius 2 is 2.25 bits per heavy atom. The summed E-state index contributed by atoms with van der Waals surface area (Å²) in [5, 5.41) is 4.69. The van der Waals surface area contributed by atoms with Crippen LogP contribution in [0, 0.1) is 0 Å². The van der Waals surface area contributed by atoms with Gasteiger partial charge in [0.1, 0.15) is 0 Å². The number of rotatable bonds is 4. The lowest BCUT2D eigenvalue weighted by Gasteiger charge is -2.03. The molecule has 0 aromatic carbocycles. The number of nitrogen functional groups attached to an aromatic ring is 1. The zero-order chi connectivity index (χ0) is 11.4. The van der Waals surface area contributed by atoms with E-state index >= 15 is 0 Å². The van der Waals surface area contributed by atoms with Crippen molar-refractivity contribution in [3.8, 4) is 5.95 Å². The van der Waals surface area contributed by atoms with Crippen molar-refractivity contribution in [1.82, 2.24) is 24.7 Å². The van der Waals surface area contributed by atoms with Crippen LogP contribution in [0.5, 0.6) is 0 Å². The fourth-order valence-electron chi connectivity index (χ4n) is 1.11. The molecule has 0 bridgehead atoms. The summed E-state index contributed by atoms with van der Waals surface area (Å²) < 4.78 is 1.56. The van der Waals surface area contributed by atoms with Crippen molar-refractivity contribution >= 4 is 17.7 Å². The maximum atomic E-state index is 5.62. The normalized spacial score (nSPS) is 10.6. The standard InChI is InChI=1S/C9H12N6S/c1-2-6-16-9-13-7(10)12-8(14-9)15-5-3-4-11-15/h3-5H,2,6H2,1H3,(H2,10,12,13,14). The average Bonchev–Trinajstić information content (AvgIpc) is 2.79. The van der Waals surface area contributed by atoms with Crippen molar-refractivity contribution in [2.75, 3.05) is 11.5 Å². The van der Waals surface area contributed by atoms with Gasteiger partial charge in [0.2, 0.25) is 5.95 Å². The molecule has 0 atom stereocenters. The Labute approximate surface area is 97.3 Å². The largest absolute Gasteiger partial charge is 0.368 e. The predicted octanol–water partition coefficient (Wildman–Crippen LogP) is 1.14. The molecular formula is C9H12N6S. The molecule has 84 valence electrons. The van der Waals surface area contributed by atoms with Gasteiger partial charge in [-0.05, 0) is 12.5 Å². The van der Waals surface area contributed by atoms with Gasteiger partial charge in [-0.15, -0.1) is 0 Å². The smallest absolute Gasteiger partial charge is 0.256 e. The second-order valence-corrected chi connectivity index (χ2v) is 4.14. The Kier molecular flexibility index (Phi) is 3.35. The first-order valence-electron chi connectivity index (χ1n) is 4.94. The molecule has 2 aromatic rings. The number of aromatic nitrogens is 5. The van der Waals surface area contributed by atoms with Crippen LogP contribution in [0.1, 0.15) is 13.3 Å². The first-order chi connectivity index (χ1) is 7.79. The van der Waals surface area contributed by atoms with Gasteiger partial charge in [-0.3, -0.25) is 0 Å². The van der Waals surface area contributed by atoms with Crippen LogP contribution in [0.4, 0.5) is 5.95 Å². The van der Waals surface area contributed by atoms with Crippen LogP contribution in [-0.2, 0) is 0 Å². The predicted molar refractivity (Wildman–Crippen MR) is 62.4 cm³/mol. The van der Waals surface area contributed by atoms with E-state index in [0.717, 1.165) is 12.2 Å². The van der Waals surface area contributed by atoms with Gasteiger partial charge >= 0.3 is 0 Å². The molecule has 0 aliphatic carbocycles. The summed E-state index contributed by atoms with van der Waals surface area (Å²) in [5.41, 5.74) is 5.62. The number of thioether (sulfide) groups is 1. The van der Waals surface area contributed by atoms with Gasteiger partial charge < -0.3 is 5.73 Å². The van der Waals surface area contributed by atoms with Crippen LogP contribution in [0.15, 0.2) is 23.6 Å². The monoisotopic (exact) mass is 236 g/mol. The summed E-state index contributed by atoms with van der Waals surface area (Å²) in [5.74, 6) is 1.64. The molecule has 0 fully saturated rings. The minimum atomic E-state index is 0.221. The summed E-state index contributed by atoms with van der Waals surface area (Å²) in [6.07, 6.45) is 4.50. The molecule has 0 radical (unpaired) electrons. The van der Waals surface area contributed by atoms with Crippen molar-refractivity contribution < 1.29 is 0 Å². The van der Waals surface area contributed by atoms with E-state index in [1.807, 2.05) is 0 Å². The van der Waals surface area contributed by atoms with E-state index in [9.17, 15) is 0 Å². The van der Waals surface area contributed by atoms with Gasteiger partial charge in [-0.2, -0.15) is 20.1 Å². The van der Waals surface area contributed by atoms with Crippen LogP contribution < -0.4 is 5.73 Å². The zero-order valence-electron chi connectivity index (χ0n) is 8.87. The topological polar surface area (TPSA) is 82.5 Å². The third kappa shape index (κ3) is 2.48. The van der Waals surface area contributed by atoms with Gasteiger partial charge in [0.05, 0.1) is 0 Å². The Balaban J connectivity index is 2.29. The van der Waals surface area contributed by atoms with Gasteiger partial charge in [-0.25, -0.2) is 4.68 Å². The molecule has 0 aliphatic rings. The summed E-state index contributed by atoms with van der Waals surface area (Å²) in [6.45, 7) is 2.10. The highest BCUT2D eigenvalue weighted by molar-refractivity contribution is 7.99. The van der Waals surface area contributed by atoms with Crippen LogP contribution in [0.3, 0.4) is 0 Å². The minimum Gasteiger partial charge on any atom is -0.368 e. The number of hydrogen-bond acceptors (Lipinski definition) is 6. The van der Waals surface area contributed by atoms with Crippen LogP contribution in [0.25, 0.3) is 5.95 Å². The molecular weight excluding hydrogens is 224 g/mol. The van der Waals surface area contributed by atoms with Gasteiger partial charge in [0, 0.05) is 18.1 Å². The first kappa shape index (κ1) is 10.9. The quantitative estimate of drug-likeness (QED) is 0.802. The van der Waals surface area contributed by atoms with E-state index in [2.05, 4.69) is 27.0 Å². The summed E-state index contributed by atoms with van der Waals surface area (Å²) in [7, 11) is 0. The first-order valence-corrected chi connectivity index (χ1v) is 5.92. The van der Waals surface area contributed by atoms with Crippen molar-refractivity contribution in [1.29, 1.82) is 0 Å². The second-order valence-electron chi connectivity index (χ2n) is 3.08. The molecule has 0 aliphatic heterocycles. The van der Waals surface area contributed by atoms with Crippen molar-refractivity contribution in [2.45, 2.75) is 18.5 Å². The fraction of sp³-hybridized carbons (Fsp3) is 0.333. The molecule has 2 aromatic heterocycles. The molecule has 0 saturated heterocycles. The lowest BCUT2D eigenvalue weighted by atomic mass is 10.6. The Morgan fingerprint density at radius 1 is 1.38 bits per heavy atom. The third-order valence-electron chi connectivity index (χ3n) is 1.76. The molecule has 2 rings (SSSR count). The highest BCUT2D eigenvalue weighted by atomic mass is 32.2. The maximum Gasteiger partial charge on any atom is 0.256 e. The zero-order valence-corrected chi connectivity index (χ0v) is 9.68. The SMILES string of the molecule is CCCSc1nc(N)nc(-n2cccn2)n1. The summed E-state index contributed by atoms with van der Waals surface area (Å²) in [4.78, 5) is 12.4. The lowest BCUT2D eigenvalue weighted by molar-refractivity contribution is 0.764. The highest BCUT2D eigenvalue weighted by Gasteiger charge is 2.06. The van der Waals surface area contributed by atoms with Crippen LogP contribution in [0.2, 0.25) is 0 Å². The Hall–Kier alpha value is -1.63. The van der Waals surface area contributed by atoms with Crippen LogP contribution in [-0.4, -0.2) is 30.5 Å². The van der Waals surface area contributed by atoms with E-state index < -0.39 is 0 Å². The van der Waals surface area contributed by atoms with Crippen LogP contribution >= 0.6 is 11.8 Å². The molecule has 6 nitrogen and oxygen atoms in total. The molecule has 0 spiro atoms. The van der Waals surface area contributed by atoms with Gasteiger partial charge in [0.25, 0.3) is 5.95 Å². The molecule has 7 heteroatoms. The maximum absolute atomic E-state index is 5.62. The number of hydrogen-bond donors (Lipinski definition) is 1. The third-order valence-corrected chi connectivity index (χ3v) is 2.82. The van der Waals surface area contributed by atoms with E-state index in [4.69, 9.17) is 5.73 Å². The summed E-state index contributed by atoms with van der Waals surface area (Å²) in [6, 6.07) is 1.80. The van der Waals surface area contributed by atoms with Crippen molar-refractivity contribution in [3.05, 3.63) is 18.5 Å². The molecule has 0 amide bonds. The highest BCUT2D eigenvalue weighted by Crippen LogP contribution is 2.15. The second kappa shape index (κ2) is 4.93. The lowest BCUT2D eigenvalue weighted by Crippen LogP contribution is -2.07. The van der Waals surface area contributed by atoms with E-state index in [1.165, 1.54) is 0 Å². The fourth-order valence-corrected chi connectivity index (χ4v) is 1.80. The molecule has 0 unspecified atom stereocenters. The molecule has 2 heterocycles. The van der Waals surface area contributed by atoms with E-state index in [-0.39, 0.29) is 5.95 Å². The van der Waals surface area contributed by atoms with Gasteiger partial charge in [-0.1, -0.05) is 18.7 Å². The number of nitrogens with two attached hydrogens (primary N) is 1. The molecule has 2 N–H and O–H groups in total. The van der Waals surface area contributed by atoms with Crippen molar-refractivity contribution in [3.63, 3.8) is 0 Å². The molecule has 0 saturated carbocycles. The van der Waals surface area contributed by atoms with E-state index in [1.54, 1.807) is 34.9 Å². The Bertz CT molecular complexity index is 455. The molecule has 16 heavy (non-hydrogen) atoms. The minimum absolute atomic E-state index is 0.221. The van der Waals surface area contributed by atoms with Crippen molar-refractivity contribution in [2.24, 2.45) is 0 Å². The number of nitrogens with zero attached hydrogens (tertiary/aromatic N) is 5. The Morgan fingerprint density at radius 3 is 2.94 bits per heavy atom. The average molecular weight is 236 g/mol. The summed E-state index contributed by atoms with van der Waals surface area (Å²) >= 11 is 1.56. The number of anilines is 1.